The number of hydrogen-bond acceptors (Lipinski definition) is 0. The van der Waals surface area contributed by atoms with Gasteiger partial charge in [0.05, 0.1) is 0 Å². The third kappa shape index (κ3) is 19.1. The number of unbranched alkanes of at least 4 members (excludes halogenated alkanes) is 17. The van der Waals surface area contributed by atoms with Crippen molar-refractivity contribution in [3.05, 3.63) is 0 Å². The second kappa shape index (κ2) is 24.1. The van der Waals surface area contributed by atoms with Gasteiger partial charge in [0.25, 0.3) is 0 Å². The Balaban J connectivity index is 4.50. The van der Waals surface area contributed by atoms with Gasteiger partial charge in [-0.05, 0) is 0 Å². The Hall–Kier alpha value is 0.430. The van der Waals surface area contributed by atoms with E-state index in [1.165, 1.54) is 109 Å². The zero-order valence-corrected chi connectivity index (χ0v) is 23.2. The second-order valence-electron chi connectivity index (χ2n) is 10.5. The van der Waals surface area contributed by atoms with Gasteiger partial charge < -0.3 is 0 Å². The van der Waals surface area contributed by atoms with Crippen molar-refractivity contribution >= 4 is 7.26 Å². The summed E-state index contributed by atoms with van der Waals surface area (Å²) in [4.78, 5) is 0. The summed E-state index contributed by atoms with van der Waals surface area (Å²) in [6.07, 6.45) is 37.8. The molecule has 0 aliphatic rings. The molecule has 0 aromatic heterocycles. The van der Waals surface area contributed by atoms with Crippen molar-refractivity contribution in [3.8, 4) is 0 Å². The zero-order valence-electron chi connectivity index (χ0n) is 22.2. The predicted molar refractivity (Wildman–Crippen MR) is 147 cm³/mol. The molecule has 0 aromatic rings. The zero-order chi connectivity index (χ0) is 22.2. The molecular formula is C29H63P. The minimum atomic E-state index is -1.03. The number of rotatable bonds is 25. The molecule has 0 atom stereocenters. The molecule has 0 N–H and O–H groups in total. The molecule has 0 unspecified atom stereocenters. The van der Waals surface area contributed by atoms with E-state index in [0.717, 1.165) is 0 Å². The molecule has 0 aliphatic heterocycles. The fraction of sp³-hybridized carbons (Fsp3) is 1.00. The summed E-state index contributed by atoms with van der Waals surface area (Å²) in [6.45, 7) is 9.41. The topological polar surface area (TPSA) is 0 Å². The second-order valence-corrected chi connectivity index (χ2v) is 15.5. The molecule has 0 fully saturated rings. The molecule has 0 bridgehead atoms. The van der Waals surface area contributed by atoms with E-state index in [2.05, 4.69) is 27.7 Å². The van der Waals surface area contributed by atoms with Crippen molar-refractivity contribution in [2.75, 3.05) is 24.6 Å². The van der Waals surface area contributed by atoms with E-state index in [4.69, 9.17) is 0 Å². The van der Waals surface area contributed by atoms with Crippen molar-refractivity contribution in [1.82, 2.24) is 0 Å². The van der Waals surface area contributed by atoms with Gasteiger partial charge in [-0.3, -0.25) is 0 Å². The normalized spacial score (nSPS) is 12.5. The first kappa shape index (κ1) is 30.4. The fourth-order valence-electron chi connectivity index (χ4n) is 5.34. The third-order valence-corrected chi connectivity index (χ3v) is 13.1. The van der Waals surface area contributed by atoms with E-state index in [1.54, 1.807) is 50.3 Å². The van der Waals surface area contributed by atoms with E-state index in [0.29, 0.717) is 0 Å². The van der Waals surface area contributed by atoms with Gasteiger partial charge in [-0.15, -0.1) is 0 Å². The van der Waals surface area contributed by atoms with Crippen molar-refractivity contribution in [3.63, 3.8) is 0 Å². The molecule has 30 heavy (non-hydrogen) atoms. The van der Waals surface area contributed by atoms with Crippen LogP contribution in [0.4, 0.5) is 0 Å². The van der Waals surface area contributed by atoms with Crippen molar-refractivity contribution in [2.24, 2.45) is 0 Å². The van der Waals surface area contributed by atoms with Gasteiger partial charge in [0.2, 0.25) is 0 Å². The monoisotopic (exact) mass is 442 g/mol. The molecule has 1 heteroatoms. The molecule has 0 amide bonds. The van der Waals surface area contributed by atoms with Crippen LogP contribution in [0, 0.1) is 0 Å². The molecule has 0 rings (SSSR count). The molecule has 0 aromatic carbocycles. The molecule has 0 saturated carbocycles. The van der Waals surface area contributed by atoms with Gasteiger partial charge in [0.1, 0.15) is 0 Å². The molecule has 184 valence electrons. The van der Waals surface area contributed by atoms with Gasteiger partial charge in [-0.25, -0.2) is 0 Å². The first-order chi connectivity index (χ1) is 14.7. The molecule has 0 aliphatic carbocycles. The Morgan fingerprint density at radius 1 is 0.267 bits per heavy atom. The summed E-state index contributed by atoms with van der Waals surface area (Å²) in [5, 5.41) is 0. The number of hydrogen-bond donors (Lipinski definition) is 0. The summed E-state index contributed by atoms with van der Waals surface area (Å²) in [5.74, 6) is 0. The van der Waals surface area contributed by atoms with Gasteiger partial charge in [-0.1, -0.05) is 0 Å². The van der Waals surface area contributed by atoms with E-state index in [-0.39, 0.29) is 0 Å². The van der Waals surface area contributed by atoms with Crippen LogP contribution in [0.2, 0.25) is 0 Å². The van der Waals surface area contributed by atoms with E-state index in [9.17, 15) is 0 Å². The van der Waals surface area contributed by atoms with E-state index >= 15 is 0 Å². The average molecular weight is 443 g/mol. The van der Waals surface area contributed by atoms with Crippen LogP contribution in [-0.2, 0) is 0 Å². The third-order valence-electron chi connectivity index (χ3n) is 7.49. The maximum atomic E-state index is 2.36. The van der Waals surface area contributed by atoms with Crippen LogP contribution in [0.5, 0.6) is 0 Å². The van der Waals surface area contributed by atoms with E-state index < -0.39 is 7.26 Å². The SMILES string of the molecule is CCCCCCCCCCC[PH](CCCCCC)(CCCCCC)CCCCCC. The summed E-state index contributed by atoms with van der Waals surface area (Å²) < 4.78 is 0. The van der Waals surface area contributed by atoms with Crippen LogP contribution in [0.1, 0.15) is 163 Å². The Labute approximate surface area is 194 Å². The van der Waals surface area contributed by atoms with Crippen molar-refractivity contribution < 1.29 is 0 Å². The molecule has 0 saturated heterocycles. The van der Waals surface area contributed by atoms with Crippen LogP contribution < -0.4 is 0 Å². The van der Waals surface area contributed by atoms with Crippen molar-refractivity contribution in [2.45, 2.75) is 163 Å². The average Bonchev–Trinajstić information content (AvgIpc) is 2.76. The van der Waals surface area contributed by atoms with Crippen molar-refractivity contribution in [1.29, 1.82) is 0 Å². The first-order valence-corrected chi connectivity index (χ1v) is 17.6. The van der Waals surface area contributed by atoms with Crippen LogP contribution in [0.25, 0.3) is 0 Å². The Morgan fingerprint density at radius 2 is 0.467 bits per heavy atom. The Kier molecular flexibility index (Phi) is 24.4. The minimum absolute atomic E-state index is 1.03. The Morgan fingerprint density at radius 3 is 0.733 bits per heavy atom. The van der Waals surface area contributed by atoms with Gasteiger partial charge >= 0.3 is 194 Å². The molecule has 0 heterocycles. The van der Waals surface area contributed by atoms with Gasteiger partial charge in [0.15, 0.2) is 0 Å². The summed E-state index contributed by atoms with van der Waals surface area (Å²) in [5.41, 5.74) is 0. The van der Waals surface area contributed by atoms with Gasteiger partial charge in [-0.2, -0.15) is 0 Å². The quantitative estimate of drug-likeness (QED) is 0.0973. The van der Waals surface area contributed by atoms with Crippen LogP contribution in [-0.4, -0.2) is 24.6 Å². The summed E-state index contributed by atoms with van der Waals surface area (Å²) >= 11 is 0. The molecular weight excluding hydrogens is 379 g/mol. The molecule has 0 radical (unpaired) electrons. The van der Waals surface area contributed by atoms with Crippen LogP contribution in [0.15, 0.2) is 0 Å². The van der Waals surface area contributed by atoms with Crippen LogP contribution in [0.3, 0.4) is 0 Å². The standard InChI is InChI=1S/C29H63P/c1-5-9-13-17-18-19-20-21-25-29-30(26-22-14-10-6-2,27-23-15-11-7-3)28-24-16-12-8-4/h30H,5-29H2,1-4H3. The first-order valence-electron chi connectivity index (χ1n) is 14.7. The predicted octanol–water partition coefficient (Wildman–Crippen LogP) is 11.0. The summed E-state index contributed by atoms with van der Waals surface area (Å²) in [7, 11) is -1.03. The Bertz CT molecular complexity index is 280. The molecule has 0 spiro atoms. The van der Waals surface area contributed by atoms with E-state index in [1.807, 2.05) is 0 Å². The fourth-order valence-corrected chi connectivity index (χ4v) is 10.8. The van der Waals surface area contributed by atoms with Crippen LogP contribution >= 0.6 is 7.26 Å². The maximum absolute atomic E-state index is 2.36. The molecule has 0 nitrogen and oxygen atoms in total. The van der Waals surface area contributed by atoms with Gasteiger partial charge in [0, 0.05) is 0 Å². The summed E-state index contributed by atoms with van der Waals surface area (Å²) in [6, 6.07) is 0.